The third-order valence-electron chi connectivity index (χ3n) is 6.34. The van der Waals surface area contributed by atoms with Gasteiger partial charge in [0.05, 0.1) is 0 Å². The molecule has 0 bridgehead atoms. The zero-order chi connectivity index (χ0) is 20.9. The molecule has 5 heteroatoms. The van der Waals surface area contributed by atoms with E-state index in [1.807, 2.05) is 17.0 Å². The zero-order valence-corrected chi connectivity index (χ0v) is 18.4. The lowest BCUT2D eigenvalue weighted by Gasteiger charge is -2.30. The number of aryl methyl sites for hydroxylation is 2. The van der Waals surface area contributed by atoms with E-state index in [2.05, 4.69) is 36.3 Å². The molecule has 0 aliphatic heterocycles. The van der Waals surface area contributed by atoms with E-state index in [0.717, 1.165) is 24.9 Å². The summed E-state index contributed by atoms with van der Waals surface area (Å²) in [7, 11) is 0. The molecular formula is C25H34N4O. The van der Waals surface area contributed by atoms with Crippen molar-refractivity contribution in [3.8, 4) is 0 Å². The maximum atomic E-state index is 13.7. The Kier molecular flexibility index (Phi) is 6.66. The highest BCUT2D eigenvalue weighted by atomic mass is 16.2. The van der Waals surface area contributed by atoms with Crippen molar-refractivity contribution in [2.45, 2.75) is 77.7 Å². The second-order valence-corrected chi connectivity index (χ2v) is 9.15. The fourth-order valence-corrected chi connectivity index (χ4v) is 4.76. The molecule has 1 N–H and O–H groups in total. The lowest BCUT2D eigenvalue weighted by molar-refractivity contribution is 0.0979. The van der Waals surface area contributed by atoms with Crippen molar-refractivity contribution >= 4 is 17.7 Å². The maximum Gasteiger partial charge on any atom is 0.259 e. The summed E-state index contributed by atoms with van der Waals surface area (Å²) in [5, 5.41) is 3.26. The summed E-state index contributed by atoms with van der Waals surface area (Å²) in [4.78, 5) is 24.6. The van der Waals surface area contributed by atoms with Gasteiger partial charge in [-0.2, -0.15) is 4.98 Å². The molecule has 0 unspecified atom stereocenters. The average molecular weight is 407 g/mol. The van der Waals surface area contributed by atoms with Crippen LogP contribution in [-0.2, 0) is 12.8 Å². The molecule has 2 aliphatic rings. The molecular weight excluding hydrogens is 372 g/mol. The second kappa shape index (κ2) is 9.59. The molecule has 160 valence electrons. The molecule has 2 aliphatic carbocycles. The van der Waals surface area contributed by atoms with Gasteiger partial charge in [0, 0.05) is 24.3 Å². The first kappa shape index (κ1) is 20.8. The number of rotatable bonds is 6. The van der Waals surface area contributed by atoms with E-state index in [1.54, 1.807) is 6.20 Å². The molecule has 1 amide bonds. The predicted molar refractivity (Wildman–Crippen MR) is 122 cm³/mol. The number of carbonyl (C=O) groups excluding carboxylic acids is 1. The number of hydrogen-bond acceptors (Lipinski definition) is 4. The van der Waals surface area contributed by atoms with E-state index in [1.165, 1.54) is 56.1 Å². The Morgan fingerprint density at radius 2 is 1.83 bits per heavy atom. The first-order chi connectivity index (χ1) is 14.6. The lowest BCUT2D eigenvalue weighted by Crippen LogP contribution is -2.37. The monoisotopic (exact) mass is 406 g/mol. The van der Waals surface area contributed by atoms with Crippen molar-refractivity contribution in [2.24, 2.45) is 5.92 Å². The molecule has 0 atom stereocenters. The lowest BCUT2D eigenvalue weighted by atomic mass is 9.88. The van der Waals surface area contributed by atoms with Gasteiger partial charge in [-0.25, -0.2) is 4.98 Å². The smallest absolute Gasteiger partial charge is 0.259 e. The van der Waals surface area contributed by atoms with Crippen LogP contribution >= 0.6 is 0 Å². The number of hydrogen-bond donors (Lipinski definition) is 1. The van der Waals surface area contributed by atoms with Gasteiger partial charge in [0.15, 0.2) is 0 Å². The second-order valence-electron chi connectivity index (χ2n) is 9.15. The Hall–Kier alpha value is -2.43. The molecule has 1 aromatic carbocycles. The summed E-state index contributed by atoms with van der Waals surface area (Å²) in [6, 6.07) is 8.40. The summed E-state index contributed by atoms with van der Waals surface area (Å²) in [5.74, 6) is 1.87. The van der Waals surface area contributed by atoms with E-state index >= 15 is 0 Å². The molecule has 1 heterocycles. The summed E-state index contributed by atoms with van der Waals surface area (Å²) >= 11 is 0. The molecule has 4 rings (SSSR count). The Morgan fingerprint density at radius 3 is 2.60 bits per heavy atom. The summed E-state index contributed by atoms with van der Waals surface area (Å²) < 4.78 is 0. The molecule has 1 saturated carbocycles. The van der Waals surface area contributed by atoms with Crippen LogP contribution in [0, 0.1) is 5.92 Å². The average Bonchev–Trinajstić information content (AvgIpc) is 2.77. The van der Waals surface area contributed by atoms with Crippen LogP contribution < -0.4 is 10.2 Å². The Balaban J connectivity index is 1.63. The SMILES string of the molecule is CC(C)Nc1nccc(N(CC2CCCCC2)C(=O)c2ccc3c(c2)CCCC3)n1. The number of anilines is 2. The topological polar surface area (TPSA) is 58.1 Å². The molecule has 0 radical (unpaired) electrons. The van der Waals surface area contributed by atoms with E-state index in [-0.39, 0.29) is 11.9 Å². The molecule has 5 nitrogen and oxygen atoms in total. The van der Waals surface area contributed by atoms with Crippen molar-refractivity contribution < 1.29 is 4.79 Å². The minimum absolute atomic E-state index is 0.0585. The fraction of sp³-hybridized carbons (Fsp3) is 0.560. The van der Waals surface area contributed by atoms with E-state index in [0.29, 0.717) is 17.7 Å². The van der Waals surface area contributed by atoms with Crippen molar-refractivity contribution in [3.05, 3.63) is 47.2 Å². The number of fused-ring (bicyclic) bond motifs is 1. The van der Waals surface area contributed by atoms with Crippen LogP contribution in [-0.4, -0.2) is 28.5 Å². The van der Waals surface area contributed by atoms with Gasteiger partial charge < -0.3 is 5.32 Å². The number of benzene rings is 1. The molecule has 2 aromatic rings. The number of carbonyl (C=O) groups is 1. The summed E-state index contributed by atoms with van der Waals surface area (Å²) in [6.07, 6.45) is 12.6. The zero-order valence-electron chi connectivity index (χ0n) is 18.4. The normalized spacial score (nSPS) is 16.9. The largest absolute Gasteiger partial charge is 0.352 e. The van der Waals surface area contributed by atoms with Crippen LogP contribution in [0.4, 0.5) is 11.8 Å². The van der Waals surface area contributed by atoms with E-state index < -0.39 is 0 Å². The van der Waals surface area contributed by atoms with Crippen molar-refractivity contribution in [1.29, 1.82) is 0 Å². The van der Waals surface area contributed by atoms with Gasteiger partial charge >= 0.3 is 0 Å². The number of nitrogens with one attached hydrogen (secondary N) is 1. The highest BCUT2D eigenvalue weighted by Crippen LogP contribution is 2.28. The van der Waals surface area contributed by atoms with Gasteiger partial charge in [-0.15, -0.1) is 0 Å². The van der Waals surface area contributed by atoms with Gasteiger partial charge in [0.25, 0.3) is 5.91 Å². The molecule has 0 saturated heterocycles. The van der Waals surface area contributed by atoms with Gasteiger partial charge in [-0.05, 0) is 87.6 Å². The number of nitrogens with zero attached hydrogens (tertiary/aromatic N) is 3. The van der Waals surface area contributed by atoms with Crippen molar-refractivity contribution in [3.63, 3.8) is 0 Å². The first-order valence-corrected chi connectivity index (χ1v) is 11.6. The maximum absolute atomic E-state index is 13.7. The van der Waals surface area contributed by atoms with Gasteiger partial charge in [0.2, 0.25) is 5.95 Å². The first-order valence-electron chi connectivity index (χ1n) is 11.6. The van der Waals surface area contributed by atoms with E-state index in [9.17, 15) is 4.79 Å². The molecule has 30 heavy (non-hydrogen) atoms. The van der Waals surface area contributed by atoms with Crippen LogP contribution in [0.2, 0.25) is 0 Å². The van der Waals surface area contributed by atoms with Crippen LogP contribution in [0.5, 0.6) is 0 Å². The fourth-order valence-electron chi connectivity index (χ4n) is 4.76. The quantitative estimate of drug-likeness (QED) is 0.697. The van der Waals surface area contributed by atoms with Crippen LogP contribution in [0.3, 0.4) is 0 Å². The number of aromatic nitrogens is 2. The third-order valence-corrected chi connectivity index (χ3v) is 6.34. The van der Waals surface area contributed by atoms with Crippen LogP contribution in [0.1, 0.15) is 80.3 Å². The molecule has 1 aromatic heterocycles. The Bertz CT molecular complexity index is 873. The third kappa shape index (κ3) is 5.00. The van der Waals surface area contributed by atoms with Crippen molar-refractivity contribution in [1.82, 2.24) is 9.97 Å². The standard InChI is InChI=1S/C25H34N4O/c1-18(2)27-25-26-15-14-23(28-25)29(17-19-8-4-3-5-9-19)24(30)22-13-12-20-10-6-7-11-21(20)16-22/h12-16,18-19H,3-11,17H2,1-2H3,(H,26,27,28). The van der Waals surface area contributed by atoms with Gasteiger partial charge in [-0.3, -0.25) is 9.69 Å². The Labute approximate surface area is 180 Å². The summed E-state index contributed by atoms with van der Waals surface area (Å²) in [5.41, 5.74) is 3.53. The van der Waals surface area contributed by atoms with Gasteiger partial charge in [0.1, 0.15) is 5.82 Å². The highest BCUT2D eigenvalue weighted by Gasteiger charge is 2.25. The van der Waals surface area contributed by atoms with Gasteiger partial charge in [-0.1, -0.05) is 25.3 Å². The van der Waals surface area contributed by atoms with Crippen molar-refractivity contribution in [2.75, 3.05) is 16.8 Å². The minimum atomic E-state index is 0.0585. The molecule has 1 fully saturated rings. The minimum Gasteiger partial charge on any atom is -0.352 e. The predicted octanol–water partition coefficient (Wildman–Crippen LogP) is 5.40. The molecule has 0 spiro atoms. The van der Waals surface area contributed by atoms with Crippen LogP contribution in [0.15, 0.2) is 30.5 Å². The van der Waals surface area contributed by atoms with E-state index in [4.69, 9.17) is 4.98 Å². The summed E-state index contributed by atoms with van der Waals surface area (Å²) in [6.45, 7) is 4.86. The number of amides is 1. The van der Waals surface area contributed by atoms with Crippen LogP contribution in [0.25, 0.3) is 0 Å². The highest BCUT2D eigenvalue weighted by molar-refractivity contribution is 6.05. The Morgan fingerprint density at radius 1 is 1.07 bits per heavy atom.